The number of aromatic nitrogens is 4. The van der Waals surface area contributed by atoms with Crippen molar-refractivity contribution in [1.82, 2.24) is 25.1 Å². The molecule has 1 fully saturated rings. The summed E-state index contributed by atoms with van der Waals surface area (Å²) in [7, 11) is 0. The molecule has 0 spiro atoms. The van der Waals surface area contributed by atoms with Gasteiger partial charge in [-0.25, -0.2) is 9.67 Å². The van der Waals surface area contributed by atoms with E-state index < -0.39 is 11.7 Å². The molecule has 0 bridgehead atoms. The van der Waals surface area contributed by atoms with Crippen LogP contribution in [0, 0.1) is 0 Å². The third-order valence-corrected chi connectivity index (χ3v) is 3.96. The predicted octanol–water partition coefficient (Wildman–Crippen LogP) is 2.70. The zero-order valence-corrected chi connectivity index (χ0v) is 13.4. The van der Waals surface area contributed by atoms with Crippen molar-refractivity contribution in [3.8, 4) is 23.0 Å². The lowest BCUT2D eigenvalue weighted by Gasteiger charge is -2.27. The van der Waals surface area contributed by atoms with E-state index in [-0.39, 0.29) is 6.10 Å². The number of nitrogens with one attached hydrogen (secondary N) is 1. The topological polar surface area (TPSA) is 64.9 Å². The van der Waals surface area contributed by atoms with E-state index in [0.717, 1.165) is 25.2 Å². The summed E-state index contributed by atoms with van der Waals surface area (Å²) in [6, 6.07) is 6.46. The van der Waals surface area contributed by atoms with Crippen LogP contribution < -0.4 is 10.1 Å². The predicted molar refractivity (Wildman–Crippen MR) is 86.9 cm³/mol. The second kappa shape index (κ2) is 6.41. The molecule has 9 heteroatoms. The van der Waals surface area contributed by atoms with E-state index in [1.54, 1.807) is 24.7 Å². The fourth-order valence-electron chi connectivity index (χ4n) is 2.45. The molecule has 1 aromatic carbocycles. The molecule has 3 aromatic rings. The molecule has 0 radical (unpaired) electrons. The Balaban J connectivity index is 1.55. The standard InChI is InChI=1S/C17H14F3N5O/c18-17(19,20)12-1-3-13(4-2-12)25-10-11(7-23-25)16-22-6-5-15(24-16)26-14-8-21-9-14/h1-7,10,14,21H,8-9H2. The van der Waals surface area contributed by atoms with E-state index in [1.165, 1.54) is 16.8 Å². The van der Waals surface area contributed by atoms with Gasteiger partial charge in [0.1, 0.15) is 6.10 Å². The number of benzene rings is 1. The maximum Gasteiger partial charge on any atom is 0.416 e. The lowest BCUT2D eigenvalue weighted by atomic mass is 10.2. The number of nitrogens with zero attached hydrogens (tertiary/aromatic N) is 4. The van der Waals surface area contributed by atoms with Crippen molar-refractivity contribution in [2.75, 3.05) is 13.1 Å². The number of alkyl halides is 3. The van der Waals surface area contributed by atoms with Crippen LogP contribution in [0.3, 0.4) is 0 Å². The molecule has 0 unspecified atom stereocenters. The van der Waals surface area contributed by atoms with Crippen LogP contribution in [0.5, 0.6) is 5.88 Å². The van der Waals surface area contributed by atoms with Gasteiger partial charge in [-0.05, 0) is 24.3 Å². The maximum absolute atomic E-state index is 12.7. The molecular weight excluding hydrogens is 347 g/mol. The molecule has 134 valence electrons. The minimum Gasteiger partial charge on any atom is -0.472 e. The van der Waals surface area contributed by atoms with Gasteiger partial charge in [0.15, 0.2) is 5.82 Å². The van der Waals surface area contributed by atoms with Crippen LogP contribution in [0.2, 0.25) is 0 Å². The lowest BCUT2D eigenvalue weighted by molar-refractivity contribution is -0.137. The van der Waals surface area contributed by atoms with Crippen molar-refractivity contribution < 1.29 is 17.9 Å². The second-order valence-corrected chi connectivity index (χ2v) is 5.83. The van der Waals surface area contributed by atoms with Gasteiger partial charge in [-0.1, -0.05) is 0 Å². The Hall–Kier alpha value is -2.94. The smallest absolute Gasteiger partial charge is 0.416 e. The summed E-state index contributed by atoms with van der Waals surface area (Å²) in [6.45, 7) is 1.57. The highest BCUT2D eigenvalue weighted by Gasteiger charge is 2.30. The number of hydrogen-bond donors (Lipinski definition) is 1. The zero-order valence-electron chi connectivity index (χ0n) is 13.4. The van der Waals surface area contributed by atoms with Gasteiger partial charge in [0.05, 0.1) is 23.0 Å². The molecule has 4 rings (SSSR count). The molecule has 26 heavy (non-hydrogen) atoms. The van der Waals surface area contributed by atoms with Crippen LogP contribution in [-0.2, 0) is 6.18 Å². The Morgan fingerprint density at radius 2 is 1.88 bits per heavy atom. The summed E-state index contributed by atoms with van der Waals surface area (Å²) in [4.78, 5) is 8.56. The molecule has 0 aliphatic carbocycles. The first kappa shape index (κ1) is 16.5. The van der Waals surface area contributed by atoms with Crippen molar-refractivity contribution in [3.63, 3.8) is 0 Å². The first-order valence-corrected chi connectivity index (χ1v) is 7.92. The molecule has 0 atom stereocenters. The Morgan fingerprint density at radius 1 is 1.12 bits per heavy atom. The molecule has 2 aromatic heterocycles. The summed E-state index contributed by atoms with van der Waals surface area (Å²) >= 11 is 0. The molecule has 0 saturated carbocycles. The van der Waals surface area contributed by atoms with Crippen LogP contribution in [0.4, 0.5) is 13.2 Å². The van der Waals surface area contributed by atoms with Crippen LogP contribution >= 0.6 is 0 Å². The third-order valence-electron chi connectivity index (χ3n) is 3.96. The molecule has 1 aliphatic heterocycles. The second-order valence-electron chi connectivity index (χ2n) is 5.83. The van der Waals surface area contributed by atoms with Crippen LogP contribution in [0.25, 0.3) is 17.1 Å². The first-order chi connectivity index (χ1) is 12.5. The number of hydrogen-bond acceptors (Lipinski definition) is 5. The van der Waals surface area contributed by atoms with E-state index in [9.17, 15) is 13.2 Å². The fourth-order valence-corrected chi connectivity index (χ4v) is 2.45. The van der Waals surface area contributed by atoms with Gasteiger partial charge < -0.3 is 10.1 Å². The van der Waals surface area contributed by atoms with Crippen molar-refractivity contribution in [1.29, 1.82) is 0 Å². The van der Waals surface area contributed by atoms with Gasteiger partial charge in [0.25, 0.3) is 0 Å². The monoisotopic (exact) mass is 361 g/mol. The normalized spacial score (nSPS) is 14.9. The van der Waals surface area contributed by atoms with Crippen LogP contribution in [0.15, 0.2) is 48.9 Å². The van der Waals surface area contributed by atoms with Gasteiger partial charge in [-0.15, -0.1) is 0 Å². The van der Waals surface area contributed by atoms with Gasteiger partial charge in [-0.2, -0.15) is 23.3 Å². The molecule has 1 saturated heterocycles. The Labute approximate surface area is 146 Å². The van der Waals surface area contributed by atoms with E-state index in [0.29, 0.717) is 23.0 Å². The van der Waals surface area contributed by atoms with Crippen molar-refractivity contribution in [2.24, 2.45) is 0 Å². The highest BCUT2D eigenvalue weighted by atomic mass is 19.4. The van der Waals surface area contributed by atoms with E-state index >= 15 is 0 Å². The zero-order chi connectivity index (χ0) is 18.1. The van der Waals surface area contributed by atoms with E-state index in [1.807, 2.05) is 0 Å². The maximum atomic E-state index is 12.7. The van der Waals surface area contributed by atoms with Crippen molar-refractivity contribution >= 4 is 0 Å². The van der Waals surface area contributed by atoms with Crippen LogP contribution in [-0.4, -0.2) is 38.9 Å². The van der Waals surface area contributed by atoms with E-state index in [2.05, 4.69) is 20.4 Å². The number of ether oxygens (including phenoxy) is 1. The molecule has 1 aliphatic rings. The van der Waals surface area contributed by atoms with Gasteiger partial charge in [0, 0.05) is 31.5 Å². The SMILES string of the molecule is FC(F)(F)c1ccc(-n2cc(-c3nccc(OC4CNC4)n3)cn2)cc1. The highest BCUT2D eigenvalue weighted by molar-refractivity contribution is 5.53. The van der Waals surface area contributed by atoms with E-state index in [4.69, 9.17) is 4.74 Å². The Kier molecular flexibility index (Phi) is 4.08. The molecule has 6 nitrogen and oxygen atoms in total. The quantitative estimate of drug-likeness (QED) is 0.774. The summed E-state index contributed by atoms with van der Waals surface area (Å²) < 4.78 is 45.1. The van der Waals surface area contributed by atoms with Gasteiger partial charge >= 0.3 is 6.18 Å². The average molecular weight is 361 g/mol. The summed E-state index contributed by atoms with van der Waals surface area (Å²) in [5.41, 5.74) is 0.451. The van der Waals surface area contributed by atoms with Crippen molar-refractivity contribution in [3.05, 3.63) is 54.5 Å². The highest BCUT2D eigenvalue weighted by Crippen LogP contribution is 2.29. The minimum atomic E-state index is -4.36. The Morgan fingerprint density at radius 3 is 2.54 bits per heavy atom. The molecule has 0 amide bonds. The molecule has 1 N–H and O–H groups in total. The summed E-state index contributed by atoms with van der Waals surface area (Å²) in [5, 5.41) is 7.29. The summed E-state index contributed by atoms with van der Waals surface area (Å²) in [5.74, 6) is 0.914. The summed E-state index contributed by atoms with van der Waals surface area (Å²) in [6.07, 6.45) is 0.554. The van der Waals surface area contributed by atoms with Gasteiger partial charge in [0.2, 0.25) is 5.88 Å². The van der Waals surface area contributed by atoms with Gasteiger partial charge in [-0.3, -0.25) is 0 Å². The largest absolute Gasteiger partial charge is 0.472 e. The lowest BCUT2D eigenvalue weighted by Crippen LogP contribution is -2.50. The first-order valence-electron chi connectivity index (χ1n) is 7.92. The third kappa shape index (κ3) is 3.38. The number of rotatable bonds is 4. The number of halogens is 3. The fraction of sp³-hybridized carbons (Fsp3) is 0.235. The average Bonchev–Trinajstić information content (AvgIpc) is 3.08. The Bertz CT molecular complexity index is 903. The molecular formula is C17H14F3N5O. The minimum absolute atomic E-state index is 0.104. The molecule has 3 heterocycles. The van der Waals surface area contributed by atoms with Crippen LogP contribution in [0.1, 0.15) is 5.56 Å². The van der Waals surface area contributed by atoms with Crippen molar-refractivity contribution in [2.45, 2.75) is 12.3 Å².